The Hall–Kier alpha value is -2.11. The number of piperidine rings is 1. The van der Waals surface area contributed by atoms with E-state index in [2.05, 4.69) is 21.5 Å². The standard InChI is InChI=1S/C19H21ClN4O/c1-24-16-11-13(7-8-14(16)19(20)23-24)12-25-17-6-4-10-22-18(17)15-5-2-3-9-21-15/h4,6-8,10-11,15,21H,2-3,5,9,12H2,1H3. The van der Waals surface area contributed by atoms with Crippen molar-refractivity contribution in [1.29, 1.82) is 0 Å². The van der Waals surface area contributed by atoms with Crippen LogP contribution >= 0.6 is 11.6 Å². The van der Waals surface area contributed by atoms with Crippen molar-refractivity contribution in [3.63, 3.8) is 0 Å². The third-order valence-electron chi connectivity index (χ3n) is 4.71. The Morgan fingerprint density at radius 1 is 1.32 bits per heavy atom. The summed E-state index contributed by atoms with van der Waals surface area (Å²) in [7, 11) is 1.90. The molecule has 5 nitrogen and oxygen atoms in total. The van der Waals surface area contributed by atoms with Crippen molar-refractivity contribution in [1.82, 2.24) is 20.1 Å². The minimum Gasteiger partial charge on any atom is -0.487 e. The van der Waals surface area contributed by atoms with Crippen LogP contribution in [0.5, 0.6) is 5.75 Å². The molecule has 25 heavy (non-hydrogen) atoms. The Morgan fingerprint density at radius 3 is 3.08 bits per heavy atom. The molecule has 0 saturated carbocycles. The second kappa shape index (κ2) is 7.02. The van der Waals surface area contributed by atoms with E-state index in [-0.39, 0.29) is 6.04 Å². The highest BCUT2D eigenvalue weighted by Crippen LogP contribution is 2.29. The predicted molar refractivity (Wildman–Crippen MR) is 98.9 cm³/mol. The molecule has 0 radical (unpaired) electrons. The summed E-state index contributed by atoms with van der Waals surface area (Å²) in [6.45, 7) is 1.53. The summed E-state index contributed by atoms with van der Waals surface area (Å²) in [4.78, 5) is 4.56. The van der Waals surface area contributed by atoms with E-state index in [0.717, 1.165) is 40.9 Å². The number of aromatic nitrogens is 3. The fourth-order valence-corrected chi connectivity index (χ4v) is 3.65. The van der Waals surface area contributed by atoms with E-state index in [4.69, 9.17) is 16.3 Å². The Morgan fingerprint density at radius 2 is 2.24 bits per heavy atom. The molecule has 1 aromatic carbocycles. The van der Waals surface area contributed by atoms with Gasteiger partial charge >= 0.3 is 0 Å². The molecule has 0 spiro atoms. The first-order valence-corrected chi connectivity index (χ1v) is 9.02. The smallest absolute Gasteiger partial charge is 0.158 e. The summed E-state index contributed by atoms with van der Waals surface area (Å²) in [6.07, 6.45) is 5.40. The van der Waals surface area contributed by atoms with E-state index in [1.807, 2.05) is 37.5 Å². The van der Waals surface area contributed by atoms with E-state index in [9.17, 15) is 0 Å². The summed E-state index contributed by atoms with van der Waals surface area (Å²) < 4.78 is 7.90. The highest BCUT2D eigenvalue weighted by atomic mass is 35.5. The summed E-state index contributed by atoms with van der Waals surface area (Å²) in [5.74, 6) is 0.852. The molecule has 1 unspecified atom stereocenters. The van der Waals surface area contributed by atoms with E-state index in [1.54, 1.807) is 4.68 Å². The van der Waals surface area contributed by atoms with Gasteiger partial charge in [0.25, 0.3) is 0 Å². The lowest BCUT2D eigenvalue weighted by molar-refractivity contribution is 0.291. The maximum atomic E-state index is 6.13. The van der Waals surface area contributed by atoms with Gasteiger partial charge in [-0.25, -0.2) is 0 Å². The van der Waals surface area contributed by atoms with Crippen LogP contribution in [0.2, 0.25) is 5.15 Å². The van der Waals surface area contributed by atoms with Gasteiger partial charge < -0.3 is 10.1 Å². The number of nitrogens with one attached hydrogen (secondary N) is 1. The number of hydrogen-bond donors (Lipinski definition) is 1. The van der Waals surface area contributed by atoms with Crippen molar-refractivity contribution in [2.45, 2.75) is 31.9 Å². The Kier molecular flexibility index (Phi) is 4.59. The number of hydrogen-bond acceptors (Lipinski definition) is 4. The Balaban J connectivity index is 1.54. The first-order chi connectivity index (χ1) is 12.2. The molecule has 0 aliphatic carbocycles. The molecule has 3 aromatic rings. The van der Waals surface area contributed by atoms with Crippen LogP contribution in [0.1, 0.15) is 36.6 Å². The number of rotatable bonds is 4. The van der Waals surface area contributed by atoms with Crippen LogP contribution < -0.4 is 10.1 Å². The molecule has 1 aliphatic rings. The van der Waals surface area contributed by atoms with Crippen LogP contribution in [-0.2, 0) is 13.7 Å². The first kappa shape index (κ1) is 16.4. The Labute approximate surface area is 152 Å². The maximum absolute atomic E-state index is 6.13. The molecule has 2 aromatic heterocycles. The van der Waals surface area contributed by atoms with Gasteiger partial charge in [0.1, 0.15) is 12.4 Å². The zero-order valence-electron chi connectivity index (χ0n) is 14.2. The van der Waals surface area contributed by atoms with Gasteiger partial charge in [-0.2, -0.15) is 5.10 Å². The van der Waals surface area contributed by atoms with Crippen molar-refractivity contribution in [3.8, 4) is 5.75 Å². The first-order valence-electron chi connectivity index (χ1n) is 8.64. The molecule has 1 N–H and O–H groups in total. The van der Waals surface area contributed by atoms with Crippen LogP contribution in [0.25, 0.3) is 10.9 Å². The molecule has 0 amide bonds. The molecular weight excluding hydrogens is 336 g/mol. The lowest BCUT2D eigenvalue weighted by Gasteiger charge is -2.24. The molecule has 3 heterocycles. The predicted octanol–water partition coefficient (Wildman–Crippen LogP) is 4.02. The van der Waals surface area contributed by atoms with E-state index in [1.165, 1.54) is 12.8 Å². The van der Waals surface area contributed by atoms with Crippen molar-refractivity contribution in [2.24, 2.45) is 7.05 Å². The van der Waals surface area contributed by atoms with Gasteiger partial charge in [-0.1, -0.05) is 24.1 Å². The highest BCUT2D eigenvalue weighted by Gasteiger charge is 2.20. The van der Waals surface area contributed by atoms with Crippen LogP contribution in [0.3, 0.4) is 0 Å². The van der Waals surface area contributed by atoms with Crippen LogP contribution in [0, 0.1) is 0 Å². The van der Waals surface area contributed by atoms with Crippen molar-refractivity contribution >= 4 is 22.5 Å². The van der Waals surface area contributed by atoms with Crippen molar-refractivity contribution in [2.75, 3.05) is 6.54 Å². The van der Waals surface area contributed by atoms with Gasteiger partial charge in [0, 0.05) is 18.6 Å². The van der Waals surface area contributed by atoms with Crippen molar-refractivity contribution in [3.05, 3.63) is 52.9 Å². The van der Waals surface area contributed by atoms with Crippen LogP contribution in [0.15, 0.2) is 36.5 Å². The normalized spacial score (nSPS) is 17.8. The monoisotopic (exact) mass is 356 g/mol. The second-order valence-electron chi connectivity index (χ2n) is 6.44. The molecule has 1 fully saturated rings. The van der Waals surface area contributed by atoms with Gasteiger partial charge in [-0.3, -0.25) is 9.67 Å². The highest BCUT2D eigenvalue weighted by molar-refractivity contribution is 6.34. The maximum Gasteiger partial charge on any atom is 0.158 e. The fourth-order valence-electron chi connectivity index (χ4n) is 3.38. The number of pyridine rings is 1. The number of halogens is 1. The molecule has 0 bridgehead atoms. The SMILES string of the molecule is Cn1nc(Cl)c2ccc(COc3cccnc3C3CCCCN3)cc21. The minimum atomic E-state index is 0.281. The summed E-state index contributed by atoms with van der Waals surface area (Å²) in [5, 5.41) is 9.28. The minimum absolute atomic E-state index is 0.281. The van der Waals surface area contributed by atoms with Crippen LogP contribution in [-0.4, -0.2) is 21.3 Å². The zero-order chi connectivity index (χ0) is 17.2. The van der Waals surface area contributed by atoms with E-state index >= 15 is 0 Å². The van der Waals surface area contributed by atoms with Gasteiger partial charge in [0.2, 0.25) is 0 Å². The number of aryl methyl sites for hydroxylation is 1. The average molecular weight is 357 g/mol. The number of nitrogens with zero attached hydrogens (tertiary/aromatic N) is 3. The lowest BCUT2D eigenvalue weighted by Crippen LogP contribution is -2.27. The average Bonchev–Trinajstić information content (AvgIpc) is 2.94. The third-order valence-corrected chi connectivity index (χ3v) is 4.98. The number of benzene rings is 1. The largest absolute Gasteiger partial charge is 0.487 e. The van der Waals surface area contributed by atoms with E-state index < -0.39 is 0 Å². The molecule has 4 rings (SSSR count). The van der Waals surface area contributed by atoms with Gasteiger partial charge in [-0.15, -0.1) is 0 Å². The van der Waals surface area contributed by atoms with Gasteiger partial charge in [0.15, 0.2) is 5.15 Å². The lowest BCUT2D eigenvalue weighted by atomic mass is 10.0. The molecule has 130 valence electrons. The molecule has 1 saturated heterocycles. The Bertz CT molecular complexity index is 886. The van der Waals surface area contributed by atoms with Gasteiger partial charge in [0.05, 0.1) is 17.3 Å². The molecule has 1 atom stereocenters. The summed E-state index contributed by atoms with van der Waals surface area (Å²) in [6, 6.07) is 10.3. The molecule has 6 heteroatoms. The number of fused-ring (bicyclic) bond motifs is 1. The van der Waals surface area contributed by atoms with Gasteiger partial charge in [-0.05, 0) is 49.2 Å². The van der Waals surface area contributed by atoms with Crippen molar-refractivity contribution < 1.29 is 4.74 Å². The third kappa shape index (κ3) is 3.34. The summed E-state index contributed by atoms with van der Waals surface area (Å²) >= 11 is 6.13. The fraction of sp³-hybridized carbons (Fsp3) is 0.368. The summed E-state index contributed by atoms with van der Waals surface area (Å²) in [5.41, 5.74) is 3.09. The topological polar surface area (TPSA) is 52.0 Å². The second-order valence-corrected chi connectivity index (χ2v) is 6.80. The molecule has 1 aliphatic heterocycles. The quantitative estimate of drug-likeness (QED) is 0.767. The number of ether oxygens (including phenoxy) is 1. The zero-order valence-corrected chi connectivity index (χ0v) is 15.0. The van der Waals surface area contributed by atoms with Crippen LogP contribution in [0.4, 0.5) is 0 Å². The molecular formula is C19H21ClN4O. The van der Waals surface area contributed by atoms with E-state index in [0.29, 0.717) is 11.8 Å².